The van der Waals surface area contributed by atoms with Crippen LogP contribution in [0.25, 0.3) is 22.2 Å². The van der Waals surface area contributed by atoms with Crippen molar-refractivity contribution in [2.45, 2.75) is 19.3 Å². The highest BCUT2D eigenvalue weighted by Gasteiger charge is 2.39. The third-order valence-electron chi connectivity index (χ3n) is 6.26. The van der Waals surface area contributed by atoms with Gasteiger partial charge < -0.3 is 20.5 Å². The average molecular weight is 439 g/mol. The molecule has 31 heavy (non-hydrogen) atoms. The van der Waals surface area contributed by atoms with Gasteiger partial charge in [0, 0.05) is 47.7 Å². The van der Waals surface area contributed by atoms with Crippen LogP contribution >= 0.6 is 11.8 Å². The molecule has 1 amide bonds. The normalized spacial score (nSPS) is 21.9. The molecule has 2 fully saturated rings. The first-order chi connectivity index (χ1) is 14.9. The first-order valence-corrected chi connectivity index (χ1v) is 11.8. The van der Waals surface area contributed by atoms with Crippen LogP contribution in [-0.4, -0.2) is 55.6 Å². The summed E-state index contributed by atoms with van der Waals surface area (Å²) < 4.78 is 0. The van der Waals surface area contributed by atoms with Crippen LogP contribution in [0.1, 0.15) is 18.9 Å². The molecule has 3 aromatic rings. The summed E-state index contributed by atoms with van der Waals surface area (Å²) >= 11 is 1.82. The molecule has 0 spiro atoms. The Kier molecular flexibility index (Phi) is 5.26. The van der Waals surface area contributed by atoms with Crippen molar-refractivity contribution in [1.29, 1.82) is 0 Å². The van der Waals surface area contributed by atoms with Crippen LogP contribution in [0.15, 0.2) is 42.6 Å². The molecular formula is C23H26N4O3S. The second-order valence-corrected chi connectivity index (χ2v) is 9.64. The van der Waals surface area contributed by atoms with Gasteiger partial charge >= 0.3 is 0 Å². The van der Waals surface area contributed by atoms with E-state index in [0.717, 1.165) is 34.4 Å². The van der Waals surface area contributed by atoms with Crippen molar-refractivity contribution >= 4 is 34.5 Å². The predicted octanol–water partition coefficient (Wildman–Crippen LogP) is 2.97. The fourth-order valence-electron chi connectivity index (χ4n) is 4.18. The van der Waals surface area contributed by atoms with E-state index in [1.807, 2.05) is 42.2 Å². The second kappa shape index (κ2) is 7.94. The molecule has 1 aliphatic carbocycles. The number of benzene rings is 1. The lowest BCUT2D eigenvalue weighted by Gasteiger charge is -2.37. The molecule has 2 atom stereocenters. The first-order valence-electron chi connectivity index (χ1n) is 10.6. The molecular weight excluding hydrogens is 412 g/mol. The van der Waals surface area contributed by atoms with Crippen molar-refractivity contribution in [2.75, 3.05) is 29.9 Å². The summed E-state index contributed by atoms with van der Waals surface area (Å²) in [7, 11) is 0. The van der Waals surface area contributed by atoms with E-state index in [4.69, 9.17) is 0 Å². The average Bonchev–Trinajstić information content (AvgIpc) is 3.33. The number of H-pyrrole nitrogens is 1. The fraction of sp³-hybridized carbons (Fsp3) is 0.391. The van der Waals surface area contributed by atoms with E-state index >= 15 is 0 Å². The number of rotatable bonds is 5. The molecule has 1 aliphatic heterocycles. The molecule has 1 saturated carbocycles. The van der Waals surface area contributed by atoms with Crippen molar-refractivity contribution < 1.29 is 15.0 Å². The summed E-state index contributed by atoms with van der Waals surface area (Å²) in [5, 5.41) is 25.4. The topological polar surface area (TPSA) is 101 Å². The Morgan fingerprint density at radius 1 is 1.23 bits per heavy atom. The number of anilines is 1. The van der Waals surface area contributed by atoms with E-state index < -0.39 is 5.91 Å². The maximum absolute atomic E-state index is 12.4. The van der Waals surface area contributed by atoms with Gasteiger partial charge in [0.05, 0.1) is 0 Å². The molecule has 1 aromatic carbocycles. The minimum absolute atomic E-state index is 0.0113. The van der Waals surface area contributed by atoms with Crippen molar-refractivity contribution in [3.63, 3.8) is 0 Å². The Bertz CT molecular complexity index is 1110. The standard InChI is InChI=1S/C23H26N4O3S/c1-14-12-18(14)22(28)26-20-13-19(17-6-7-24-21(17)25-20)15-2-4-16(5-3-15)23(29,30)27-8-10-31-11-9-27/h2-7,13-14,18,29-30H,8-12H2,1H3,(H2,24,25,26,28). The van der Waals surface area contributed by atoms with E-state index in [1.54, 1.807) is 17.0 Å². The number of fused-ring (bicyclic) bond motifs is 1. The molecule has 3 heterocycles. The molecule has 5 rings (SSSR count). The predicted molar refractivity (Wildman–Crippen MR) is 122 cm³/mol. The zero-order chi connectivity index (χ0) is 21.6. The number of aliphatic hydroxyl groups is 2. The minimum atomic E-state index is -1.98. The van der Waals surface area contributed by atoms with Crippen LogP contribution < -0.4 is 5.32 Å². The number of aromatic amines is 1. The maximum atomic E-state index is 12.4. The van der Waals surface area contributed by atoms with Crippen LogP contribution in [0.5, 0.6) is 0 Å². The highest BCUT2D eigenvalue weighted by molar-refractivity contribution is 7.99. The van der Waals surface area contributed by atoms with Gasteiger partial charge in [-0.25, -0.2) is 9.88 Å². The number of pyridine rings is 1. The molecule has 2 unspecified atom stereocenters. The van der Waals surface area contributed by atoms with Gasteiger partial charge in [-0.15, -0.1) is 0 Å². The quantitative estimate of drug-likeness (QED) is 0.457. The number of thioether (sulfide) groups is 1. The largest absolute Gasteiger partial charge is 0.349 e. The second-order valence-electron chi connectivity index (χ2n) is 8.42. The minimum Gasteiger partial charge on any atom is -0.349 e. The Morgan fingerprint density at radius 2 is 1.94 bits per heavy atom. The smallest absolute Gasteiger partial charge is 0.253 e. The van der Waals surface area contributed by atoms with Crippen molar-refractivity contribution in [3.8, 4) is 11.1 Å². The fourth-order valence-corrected chi connectivity index (χ4v) is 5.08. The molecule has 8 heteroatoms. The number of hydrogen-bond donors (Lipinski definition) is 4. The highest BCUT2D eigenvalue weighted by Crippen LogP contribution is 2.39. The van der Waals surface area contributed by atoms with Gasteiger partial charge in [0.25, 0.3) is 5.91 Å². The summed E-state index contributed by atoms with van der Waals surface area (Å²) in [6.45, 7) is 3.34. The van der Waals surface area contributed by atoms with Crippen molar-refractivity contribution in [3.05, 3.63) is 48.2 Å². The van der Waals surface area contributed by atoms with Crippen LogP contribution in [0.3, 0.4) is 0 Å². The molecule has 1 saturated heterocycles. The SMILES string of the molecule is CC1CC1C(=O)Nc1cc(-c2ccc(C(O)(O)N3CCSCC3)cc2)c2cc[nH]c2n1. The monoisotopic (exact) mass is 438 g/mol. The van der Waals surface area contributed by atoms with E-state index in [9.17, 15) is 15.0 Å². The lowest BCUT2D eigenvalue weighted by molar-refractivity contribution is -0.273. The number of carbonyl (C=O) groups is 1. The molecule has 0 bridgehead atoms. The first kappa shape index (κ1) is 20.5. The summed E-state index contributed by atoms with van der Waals surface area (Å²) in [5.74, 6) is 0.812. The lowest BCUT2D eigenvalue weighted by atomic mass is 10.0. The number of hydrogen-bond acceptors (Lipinski definition) is 6. The van der Waals surface area contributed by atoms with Gasteiger partial charge in [0.2, 0.25) is 5.91 Å². The van der Waals surface area contributed by atoms with Gasteiger partial charge in [-0.3, -0.25) is 4.79 Å². The summed E-state index contributed by atoms with van der Waals surface area (Å²) in [5.41, 5.74) is 2.98. The Hall–Kier alpha value is -2.39. The third-order valence-corrected chi connectivity index (χ3v) is 7.20. The summed E-state index contributed by atoms with van der Waals surface area (Å²) in [4.78, 5) is 21.7. The summed E-state index contributed by atoms with van der Waals surface area (Å²) in [6.07, 6.45) is 2.75. The molecule has 4 N–H and O–H groups in total. The van der Waals surface area contributed by atoms with Crippen LogP contribution in [0.4, 0.5) is 5.82 Å². The van der Waals surface area contributed by atoms with E-state index in [2.05, 4.69) is 22.2 Å². The Morgan fingerprint density at radius 3 is 2.61 bits per heavy atom. The van der Waals surface area contributed by atoms with Gasteiger partial charge in [0.1, 0.15) is 11.5 Å². The Labute approximate surface area is 184 Å². The van der Waals surface area contributed by atoms with Crippen molar-refractivity contribution in [2.24, 2.45) is 11.8 Å². The molecule has 2 aliphatic rings. The highest BCUT2D eigenvalue weighted by atomic mass is 32.2. The van der Waals surface area contributed by atoms with Crippen LogP contribution in [-0.2, 0) is 10.7 Å². The number of aromatic nitrogens is 2. The number of nitrogens with zero attached hydrogens (tertiary/aromatic N) is 2. The van der Waals surface area contributed by atoms with Crippen molar-refractivity contribution in [1.82, 2.24) is 14.9 Å². The maximum Gasteiger partial charge on any atom is 0.253 e. The summed E-state index contributed by atoms with van der Waals surface area (Å²) in [6, 6.07) is 11.1. The van der Waals surface area contributed by atoms with Gasteiger partial charge in [-0.2, -0.15) is 11.8 Å². The number of amides is 1. The van der Waals surface area contributed by atoms with Gasteiger partial charge in [-0.1, -0.05) is 31.2 Å². The van der Waals surface area contributed by atoms with E-state index in [0.29, 0.717) is 36.0 Å². The zero-order valence-electron chi connectivity index (χ0n) is 17.3. The third kappa shape index (κ3) is 3.96. The van der Waals surface area contributed by atoms with E-state index in [-0.39, 0.29) is 11.8 Å². The molecule has 2 aromatic heterocycles. The van der Waals surface area contributed by atoms with Gasteiger partial charge in [0.15, 0.2) is 0 Å². The number of nitrogens with one attached hydrogen (secondary N) is 2. The lowest BCUT2D eigenvalue weighted by Crippen LogP contribution is -2.49. The zero-order valence-corrected chi connectivity index (χ0v) is 18.2. The van der Waals surface area contributed by atoms with Crippen LogP contribution in [0.2, 0.25) is 0 Å². The number of carbonyl (C=O) groups excluding carboxylic acids is 1. The Balaban J connectivity index is 1.44. The van der Waals surface area contributed by atoms with Crippen LogP contribution in [0, 0.1) is 11.8 Å². The molecule has 7 nitrogen and oxygen atoms in total. The molecule has 162 valence electrons. The van der Waals surface area contributed by atoms with E-state index in [1.165, 1.54) is 0 Å². The van der Waals surface area contributed by atoms with Gasteiger partial charge in [-0.05, 0) is 35.6 Å². The molecule has 0 radical (unpaired) electrons.